The molecule has 0 saturated heterocycles. The zero-order valence-electron chi connectivity index (χ0n) is 11.8. The Morgan fingerprint density at radius 3 is 2.70 bits per heavy atom. The molecule has 20 heavy (non-hydrogen) atoms. The fourth-order valence-corrected chi connectivity index (χ4v) is 2.16. The molecule has 1 aromatic heterocycles. The van der Waals surface area contributed by atoms with Crippen molar-refractivity contribution in [3.8, 4) is 0 Å². The second-order valence-corrected chi connectivity index (χ2v) is 5.85. The van der Waals surface area contributed by atoms with Gasteiger partial charge in [0.05, 0.1) is 0 Å². The van der Waals surface area contributed by atoms with E-state index in [0.717, 1.165) is 5.75 Å². The molecule has 1 atom stereocenters. The summed E-state index contributed by atoms with van der Waals surface area (Å²) in [7, 11) is 0. The molecule has 2 rings (SSSR count). The third-order valence-corrected chi connectivity index (χ3v) is 3.73. The van der Waals surface area contributed by atoms with Crippen molar-refractivity contribution in [3.63, 3.8) is 0 Å². The van der Waals surface area contributed by atoms with Gasteiger partial charge in [0.1, 0.15) is 0 Å². The number of rotatable bonds is 6. The van der Waals surface area contributed by atoms with Crippen LogP contribution >= 0.6 is 11.8 Å². The number of thioether (sulfide) groups is 1. The molecule has 2 aromatic rings. The number of quaternary nitrogens is 1. The molecular formula is C15H20N3OS+. The fraction of sp³-hybridized carbons (Fsp3) is 0.333. The maximum Gasteiger partial charge on any atom is 0.277 e. The summed E-state index contributed by atoms with van der Waals surface area (Å²) in [6, 6.07) is 10.3. The first kappa shape index (κ1) is 14.8. The van der Waals surface area contributed by atoms with Crippen molar-refractivity contribution >= 4 is 17.8 Å². The van der Waals surface area contributed by atoms with E-state index in [4.69, 9.17) is 4.42 Å². The lowest BCUT2D eigenvalue weighted by atomic mass is 10.1. The topological polar surface area (TPSA) is 66.6 Å². The van der Waals surface area contributed by atoms with Crippen molar-refractivity contribution < 1.29 is 10.2 Å². The summed E-state index contributed by atoms with van der Waals surface area (Å²) in [6.45, 7) is 4.19. The van der Waals surface area contributed by atoms with Crippen LogP contribution in [-0.2, 0) is 0 Å². The van der Waals surface area contributed by atoms with Crippen molar-refractivity contribution in [1.82, 2.24) is 10.2 Å². The minimum Gasteiger partial charge on any atom is -0.410 e. The predicted molar refractivity (Wildman–Crippen MR) is 81.0 cm³/mol. The van der Waals surface area contributed by atoms with Crippen LogP contribution in [0, 0.1) is 5.92 Å². The summed E-state index contributed by atoms with van der Waals surface area (Å²) in [4.78, 5) is 0. The first-order valence-corrected chi connectivity index (χ1v) is 7.66. The van der Waals surface area contributed by atoms with Crippen molar-refractivity contribution in [1.29, 1.82) is 0 Å². The fourth-order valence-electron chi connectivity index (χ4n) is 1.58. The third kappa shape index (κ3) is 4.21. The molecular weight excluding hydrogens is 270 g/mol. The number of benzene rings is 1. The van der Waals surface area contributed by atoms with Crippen LogP contribution in [0.15, 0.2) is 46.0 Å². The van der Waals surface area contributed by atoms with E-state index in [-0.39, 0.29) is 6.04 Å². The minimum atomic E-state index is 0.0525. The normalized spacial score (nSPS) is 13.2. The zero-order chi connectivity index (χ0) is 14.4. The van der Waals surface area contributed by atoms with Gasteiger partial charge in [0, 0.05) is 11.7 Å². The monoisotopic (exact) mass is 290 g/mol. The molecule has 0 aliphatic carbocycles. The molecule has 0 saturated carbocycles. The Kier molecular flexibility index (Phi) is 5.38. The molecule has 1 aromatic carbocycles. The second kappa shape index (κ2) is 7.26. The van der Waals surface area contributed by atoms with Crippen LogP contribution in [0.1, 0.15) is 31.3 Å². The number of nitrogens with zero attached hydrogens (tertiary/aromatic N) is 2. The van der Waals surface area contributed by atoms with Gasteiger partial charge in [-0.05, 0) is 5.56 Å². The molecule has 0 radical (unpaired) electrons. The van der Waals surface area contributed by atoms with E-state index in [1.165, 1.54) is 17.3 Å². The van der Waals surface area contributed by atoms with Gasteiger partial charge >= 0.3 is 0 Å². The predicted octanol–water partition coefficient (Wildman–Crippen LogP) is 2.81. The van der Waals surface area contributed by atoms with E-state index in [2.05, 4.69) is 54.1 Å². The molecule has 1 heterocycles. The molecule has 0 fully saturated rings. The average Bonchev–Trinajstić information content (AvgIpc) is 2.92. The Morgan fingerprint density at radius 1 is 1.25 bits per heavy atom. The van der Waals surface area contributed by atoms with Crippen molar-refractivity contribution in [3.05, 3.63) is 47.9 Å². The Balaban J connectivity index is 1.84. The van der Waals surface area contributed by atoms with Gasteiger partial charge in [-0.1, -0.05) is 68.1 Å². The smallest absolute Gasteiger partial charge is 0.277 e. The highest BCUT2D eigenvalue weighted by atomic mass is 32.2. The van der Waals surface area contributed by atoms with Crippen LogP contribution in [0.25, 0.3) is 6.08 Å². The summed E-state index contributed by atoms with van der Waals surface area (Å²) >= 11 is 1.53. The Bertz CT molecular complexity index is 551. The van der Waals surface area contributed by atoms with Crippen LogP contribution in [0.5, 0.6) is 0 Å². The Morgan fingerprint density at radius 2 is 2.00 bits per heavy atom. The Hall–Kier alpha value is -1.59. The van der Waals surface area contributed by atoms with Crippen molar-refractivity contribution in [2.75, 3.05) is 5.75 Å². The lowest BCUT2D eigenvalue weighted by Crippen LogP contribution is -2.56. The van der Waals surface area contributed by atoms with Crippen LogP contribution in [0.3, 0.4) is 0 Å². The van der Waals surface area contributed by atoms with E-state index >= 15 is 0 Å². The molecule has 4 nitrogen and oxygen atoms in total. The molecule has 0 amide bonds. The standard InChI is InChI=1S/C15H19N3OS/c1-11(2)13(16)14-17-18-15(19-14)20-10-6-9-12-7-4-3-5-8-12/h3-9,11,13H,10,16H2,1-2H3/p+1/b9-6+/t13-/m0/s1. The third-order valence-electron chi connectivity index (χ3n) is 2.96. The van der Waals surface area contributed by atoms with Gasteiger partial charge in [0.25, 0.3) is 11.1 Å². The number of aromatic nitrogens is 2. The average molecular weight is 290 g/mol. The maximum atomic E-state index is 5.60. The summed E-state index contributed by atoms with van der Waals surface area (Å²) in [5.74, 6) is 1.82. The highest BCUT2D eigenvalue weighted by molar-refractivity contribution is 7.99. The van der Waals surface area contributed by atoms with Gasteiger partial charge in [0.15, 0.2) is 6.04 Å². The minimum absolute atomic E-state index is 0.0525. The van der Waals surface area contributed by atoms with Gasteiger partial charge in [-0.25, -0.2) is 0 Å². The first-order chi connectivity index (χ1) is 9.66. The van der Waals surface area contributed by atoms with E-state index in [0.29, 0.717) is 17.0 Å². The summed E-state index contributed by atoms with van der Waals surface area (Å²) < 4.78 is 5.60. The summed E-state index contributed by atoms with van der Waals surface area (Å²) in [6.07, 6.45) is 4.18. The lowest BCUT2D eigenvalue weighted by Gasteiger charge is -2.05. The molecule has 5 heteroatoms. The SMILES string of the molecule is CC(C)[C@H]([NH3+])c1nnc(SC/C=C/c2ccccc2)o1. The van der Waals surface area contributed by atoms with Crippen LogP contribution in [0.2, 0.25) is 0 Å². The van der Waals surface area contributed by atoms with Crippen LogP contribution in [0.4, 0.5) is 0 Å². The number of hydrogen-bond acceptors (Lipinski definition) is 4. The van der Waals surface area contributed by atoms with E-state index in [1.807, 2.05) is 18.2 Å². The quantitative estimate of drug-likeness (QED) is 0.831. The first-order valence-electron chi connectivity index (χ1n) is 6.67. The second-order valence-electron chi connectivity index (χ2n) is 4.88. The summed E-state index contributed by atoms with van der Waals surface area (Å²) in [5, 5.41) is 8.69. The van der Waals surface area contributed by atoms with Crippen molar-refractivity contribution in [2.24, 2.45) is 5.92 Å². The molecule has 0 aliphatic heterocycles. The zero-order valence-corrected chi connectivity index (χ0v) is 12.6. The molecule has 106 valence electrons. The molecule has 0 bridgehead atoms. The molecule has 0 unspecified atom stereocenters. The number of hydrogen-bond donors (Lipinski definition) is 1. The van der Waals surface area contributed by atoms with E-state index in [1.54, 1.807) is 0 Å². The van der Waals surface area contributed by atoms with Gasteiger partial charge in [-0.2, -0.15) is 0 Å². The highest BCUT2D eigenvalue weighted by Crippen LogP contribution is 2.21. The van der Waals surface area contributed by atoms with E-state index < -0.39 is 0 Å². The largest absolute Gasteiger partial charge is 0.410 e. The molecule has 0 aliphatic rings. The lowest BCUT2D eigenvalue weighted by molar-refractivity contribution is -0.443. The molecule has 3 N–H and O–H groups in total. The van der Waals surface area contributed by atoms with Crippen molar-refractivity contribution in [2.45, 2.75) is 25.1 Å². The highest BCUT2D eigenvalue weighted by Gasteiger charge is 2.21. The molecule has 0 spiro atoms. The van der Waals surface area contributed by atoms with Crippen LogP contribution in [-0.4, -0.2) is 16.0 Å². The van der Waals surface area contributed by atoms with Gasteiger partial charge in [0.2, 0.25) is 0 Å². The van der Waals surface area contributed by atoms with Gasteiger partial charge < -0.3 is 10.2 Å². The maximum absolute atomic E-state index is 5.60. The van der Waals surface area contributed by atoms with Gasteiger partial charge in [-0.15, -0.1) is 10.2 Å². The Labute approximate surface area is 123 Å². The summed E-state index contributed by atoms with van der Waals surface area (Å²) in [5.41, 5.74) is 5.23. The van der Waals surface area contributed by atoms with Gasteiger partial charge in [-0.3, -0.25) is 0 Å². The van der Waals surface area contributed by atoms with Crippen LogP contribution < -0.4 is 5.73 Å². The van der Waals surface area contributed by atoms with E-state index in [9.17, 15) is 0 Å².